The third-order valence-corrected chi connectivity index (χ3v) is 7.12. The fourth-order valence-electron chi connectivity index (χ4n) is 4.66. The Balaban J connectivity index is 1.21. The molecule has 1 aliphatic carbocycles. The van der Waals surface area contributed by atoms with Gasteiger partial charge in [-0.15, -0.1) is 0 Å². The smallest absolute Gasteiger partial charge is 0.225 e. The van der Waals surface area contributed by atoms with E-state index >= 15 is 0 Å². The van der Waals surface area contributed by atoms with Gasteiger partial charge in [-0.3, -0.25) is 14.6 Å². The monoisotopic (exact) mass is 491 g/mol. The number of amides is 1. The van der Waals surface area contributed by atoms with E-state index in [9.17, 15) is 9.18 Å². The molecule has 2 fully saturated rings. The second-order valence-corrected chi connectivity index (χ2v) is 9.91. The van der Waals surface area contributed by atoms with Crippen LogP contribution in [0.15, 0.2) is 41.9 Å². The number of pyridine rings is 1. The molecule has 1 unspecified atom stereocenters. The first kappa shape index (κ1) is 22.4. The number of nitrogens with zero attached hydrogens (tertiary/aromatic N) is 4. The quantitative estimate of drug-likeness (QED) is 0.641. The van der Waals surface area contributed by atoms with Crippen LogP contribution in [0.3, 0.4) is 0 Å². The fourth-order valence-corrected chi connectivity index (χ4v) is 5.16. The average molecular weight is 492 g/mol. The highest BCUT2D eigenvalue weighted by atomic mass is 79.9. The molecule has 0 aromatic carbocycles. The molecule has 2 N–H and O–H groups in total. The summed E-state index contributed by atoms with van der Waals surface area (Å²) in [4.78, 5) is 23.9. The van der Waals surface area contributed by atoms with E-state index in [-0.39, 0.29) is 22.5 Å². The third kappa shape index (κ3) is 5.93. The largest absolute Gasteiger partial charge is 0.384 e. The van der Waals surface area contributed by atoms with Gasteiger partial charge in [0.2, 0.25) is 5.91 Å². The second-order valence-electron chi connectivity index (χ2n) is 8.74. The van der Waals surface area contributed by atoms with E-state index in [0.29, 0.717) is 18.8 Å². The maximum atomic E-state index is 14.1. The minimum atomic E-state index is -0.101. The fraction of sp³-hybridized carbons (Fsp3) is 0.565. The second kappa shape index (κ2) is 10.2. The van der Waals surface area contributed by atoms with Gasteiger partial charge in [0.15, 0.2) is 0 Å². The van der Waals surface area contributed by atoms with Crippen molar-refractivity contribution in [3.05, 3.63) is 47.4 Å². The third-order valence-electron chi connectivity index (χ3n) is 6.48. The number of likely N-dealkylation sites (tertiary alicyclic amines) is 1. The molecule has 168 valence electrons. The zero-order valence-electron chi connectivity index (χ0n) is 17.9. The number of allylic oxidation sites excluding steroid dienone is 2. The molecule has 31 heavy (non-hydrogen) atoms. The number of alkyl halides is 1. The van der Waals surface area contributed by atoms with Crippen LogP contribution in [0, 0.1) is 5.92 Å². The van der Waals surface area contributed by atoms with Crippen LogP contribution in [-0.4, -0.2) is 76.2 Å². The van der Waals surface area contributed by atoms with Crippen molar-refractivity contribution >= 4 is 27.7 Å². The number of nitrogens with two attached hydrogens (primary N) is 1. The molecule has 2 aliphatic heterocycles. The van der Waals surface area contributed by atoms with Crippen LogP contribution in [0.4, 0.5) is 10.2 Å². The number of hydrogen-bond donors (Lipinski definition) is 1. The van der Waals surface area contributed by atoms with Crippen molar-refractivity contribution in [2.24, 2.45) is 5.92 Å². The Morgan fingerprint density at radius 3 is 2.55 bits per heavy atom. The molecule has 3 heterocycles. The van der Waals surface area contributed by atoms with Gasteiger partial charge < -0.3 is 10.6 Å². The van der Waals surface area contributed by atoms with Gasteiger partial charge in [0.25, 0.3) is 0 Å². The molecule has 8 heteroatoms. The van der Waals surface area contributed by atoms with Crippen molar-refractivity contribution in [2.75, 3.05) is 51.5 Å². The van der Waals surface area contributed by atoms with Gasteiger partial charge in [-0.2, -0.15) is 0 Å². The normalized spacial score (nSPS) is 24.1. The number of carbonyl (C=O) groups excluding carboxylic acids is 1. The first-order valence-corrected chi connectivity index (χ1v) is 12.0. The highest BCUT2D eigenvalue weighted by Gasteiger charge is 2.31. The van der Waals surface area contributed by atoms with Gasteiger partial charge >= 0.3 is 0 Å². The van der Waals surface area contributed by atoms with E-state index in [1.165, 1.54) is 5.56 Å². The van der Waals surface area contributed by atoms with Crippen molar-refractivity contribution in [3.8, 4) is 0 Å². The summed E-state index contributed by atoms with van der Waals surface area (Å²) < 4.78 is 14.1. The van der Waals surface area contributed by atoms with Gasteiger partial charge in [-0.1, -0.05) is 22.0 Å². The molecule has 1 amide bonds. The molecule has 0 spiro atoms. The summed E-state index contributed by atoms with van der Waals surface area (Å²) in [6, 6.07) is 3.91. The van der Waals surface area contributed by atoms with E-state index in [2.05, 4.69) is 30.7 Å². The van der Waals surface area contributed by atoms with Crippen LogP contribution in [0.25, 0.3) is 0 Å². The molecular formula is C23H31BrFN5O. The van der Waals surface area contributed by atoms with Crippen molar-refractivity contribution in [2.45, 2.75) is 30.6 Å². The summed E-state index contributed by atoms with van der Waals surface area (Å²) in [5.74, 6) is 0.847. The standard InChI is InChI=1S/C23H31BrFN5O/c24-20-1-2-21(25)19(14-20)16-29-9-11-30(12-10-29)23(31)18-4-7-28(8-5-18)15-17-3-6-27-22(26)13-17/h2-3,6,13-14,18,20H,1,4-5,7-12,15-16H2,(H2,26,27). The summed E-state index contributed by atoms with van der Waals surface area (Å²) in [7, 11) is 0. The van der Waals surface area contributed by atoms with Crippen LogP contribution in [0.5, 0.6) is 0 Å². The number of nitrogen functional groups attached to an aromatic ring is 1. The molecule has 3 aliphatic rings. The number of piperazine rings is 1. The van der Waals surface area contributed by atoms with Crippen LogP contribution < -0.4 is 5.73 Å². The average Bonchev–Trinajstić information content (AvgIpc) is 2.77. The number of halogens is 2. The number of hydrogen-bond acceptors (Lipinski definition) is 5. The lowest BCUT2D eigenvalue weighted by atomic mass is 9.94. The maximum absolute atomic E-state index is 14.1. The van der Waals surface area contributed by atoms with E-state index in [0.717, 1.165) is 64.2 Å². The maximum Gasteiger partial charge on any atom is 0.225 e. The van der Waals surface area contributed by atoms with Crippen LogP contribution in [0.2, 0.25) is 0 Å². The van der Waals surface area contributed by atoms with Gasteiger partial charge in [-0.05, 0) is 61.7 Å². The Kier molecular flexibility index (Phi) is 7.40. The Morgan fingerprint density at radius 1 is 1.13 bits per heavy atom. The Bertz CT molecular complexity index is 844. The number of carbonyl (C=O) groups is 1. The summed E-state index contributed by atoms with van der Waals surface area (Å²) in [6.07, 6.45) is 7.87. The first-order valence-electron chi connectivity index (χ1n) is 11.1. The number of rotatable bonds is 5. The zero-order chi connectivity index (χ0) is 21.8. The molecule has 0 bridgehead atoms. The summed E-state index contributed by atoms with van der Waals surface area (Å²) >= 11 is 3.55. The minimum absolute atomic E-state index is 0.101. The van der Waals surface area contributed by atoms with Gasteiger partial charge in [0, 0.05) is 56.2 Å². The van der Waals surface area contributed by atoms with Gasteiger partial charge in [-0.25, -0.2) is 9.37 Å². The predicted molar refractivity (Wildman–Crippen MR) is 124 cm³/mol. The summed E-state index contributed by atoms with van der Waals surface area (Å²) in [5, 5.41) is 0. The van der Waals surface area contributed by atoms with Gasteiger partial charge in [0.1, 0.15) is 11.6 Å². The lowest BCUT2D eigenvalue weighted by Gasteiger charge is -2.39. The Morgan fingerprint density at radius 2 is 1.84 bits per heavy atom. The minimum Gasteiger partial charge on any atom is -0.384 e. The highest BCUT2D eigenvalue weighted by molar-refractivity contribution is 9.09. The topological polar surface area (TPSA) is 65.7 Å². The SMILES string of the molecule is Nc1cc(CN2CCC(C(=O)N3CCN(CC4=CC(Br)CC=C4F)CC3)CC2)ccn1. The summed E-state index contributed by atoms with van der Waals surface area (Å²) in [6.45, 7) is 6.36. The number of aromatic nitrogens is 1. The van der Waals surface area contributed by atoms with Gasteiger partial charge in [0.05, 0.1) is 0 Å². The lowest BCUT2D eigenvalue weighted by Crippen LogP contribution is -2.51. The molecule has 1 aromatic rings. The first-order chi connectivity index (χ1) is 15.0. The van der Waals surface area contributed by atoms with Crippen molar-refractivity contribution in [3.63, 3.8) is 0 Å². The Labute approximate surface area is 192 Å². The lowest BCUT2D eigenvalue weighted by molar-refractivity contribution is -0.138. The van der Waals surface area contributed by atoms with E-state index in [1.54, 1.807) is 12.3 Å². The van der Waals surface area contributed by atoms with E-state index in [1.807, 2.05) is 23.1 Å². The molecule has 0 radical (unpaired) electrons. The number of piperidine rings is 1. The highest BCUT2D eigenvalue weighted by Crippen LogP contribution is 2.26. The van der Waals surface area contributed by atoms with Crippen molar-refractivity contribution in [1.29, 1.82) is 0 Å². The van der Waals surface area contributed by atoms with E-state index < -0.39 is 0 Å². The molecule has 0 saturated carbocycles. The van der Waals surface area contributed by atoms with Crippen LogP contribution in [0.1, 0.15) is 24.8 Å². The predicted octanol–water partition coefficient (Wildman–Crippen LogP) is 2.97. The molecule has 1 aromatic heterocycles. The summed E-state index contributed by atoms with van der Waals surface area (Å²) in [5.41, 5.74) is 7.70. The molecule has 6 nitrogen and oxygen atoms in total. The van der Waals surface area contributed by atoms with Crippen LogP contribution in [-0.2, 0) is 11.3 Å². The molecular weight excluding hydrogens is 461 g/mol. The van der Waals surface area contributed by atoms with E-state index in [4.69, 9.17) is 5.73 Å². The van der Waals surface area contributed by atoms with Crippen LogP contribution >= 0.6 is 15.9 Å². The van der Waals surface area contributed by atoms with Crippen molar-refractivity contribution in [1.82, 2.24) is 19.7 Å². The zero-order valence-corrected chi connectivity index (χ0v) is 19.4. The van der Waals surface area contributed by atoms with Crippen molar-refractivity contribution < 1.29 is 9.18 Å². The molecule has 2 saturated heterocycles. The molecule has 1 atom stereocenters. The Hall–Kier alpha value is -1.77. The molecule has 4 rings (SSSR count). The number of anilines is 1.